The van der Waals surface area contributed by atoms with Gasteiger partial charge in [-0.2, -0.15) is 0 Å². The maximum Gasteiger partial charge on any atom is 0.277 e. The van der Waals surface area contributed by atoms with E-state index in [1.165, 1.54) is 6.07 Å². The van der Waals surface area contributed by atoms with Gasteiger partial charge in [-0.05, 0) is 30.3 Å². The number of Topliss-reactive ketones (excluding diaryl/α,β-unsaturated/α-hetero) is 1. The van der Waals surface area contributed by atoms with E-state index in [1.54, 1.807) is 67.7 Å². The van der Waals surface area contributed by atoms with E-state index in [4.69, 9.17) is 11.6 Å². The van der Waals surface area contributed by atoms with Crippen LogP contribution in [0.4, 0.5) is 5.69 Å². The van der Waals surface area contributed by atoms with Crippen molar-refractivity contribution in [1.29, 1.82) is 0 Å². The highest BCUT2D eigenvalue weighted by Crippen LogP contribution is 2.29. The highest BCUT2D eigenvalue weighted by molar-refractivity contribution is 6.32. The van der Waals surface area contributed by atoms with Gasteiger partial charge in [0.2, 0.25) is 0 Å². The van der Waals surface area contributed by atoms with Crippen molar-refractivity contribution in [1.82, 2.24) is 4.90 Å². The molecule has 0 fully saturated rings. The van der Waals surface area contributed by atoms with E-state index in [1.807, 2.05) is 0 Å². The van der Waals surface area contributed by atoms with Crippen molar-refractivity contribution >= 4 is 28.6 Å². The normalized spacial score (nSPS) is 11.2. The number of nitrogens with zero attached hydrogens (tertiary/aromatic N) is 2. The fourth-order valence-corrected chi connectivity index (χ4v) is 2.25. The van der Waals surface area contributed by atoms with Crippen molar-refractivity contribution in [3.8, 4) is 0 Å². The molecule has 0 unspecified atom stereocenters. The topological polar surface area (TPSA) is 63.5 Å². The van der Waals surface area contributed by atoms with E-state index >= 15 is 0 Å². The Morgan fingerprint density at radius 2 is 1.74 bits per heavy atom. The van der Waals surface area contributed by atoms with Crippen LogP contribution in [-0.4, -0.2) is 29.7 Å². The third-order valence-electron chi connectivity index (χ3n) is 3.13. The van der Waals surface area contributed by atoms with Gasteiger partial charge in [0.05, 0.1) is 16.1 Å². The Bertz CT molecular complexity index is 768. The van der Waals surface area contributed by atoms with Crippen LogP contribution in [0.25, 0.3) is 5.57 Å². The number of benzene rings is 2. The maximum atomic E-state index is 12.8. The van der Waals surface area contributed by atoms with Crippen LogP contribution in [0, 0.1) is 10.1 Å². The standard InChI is InChI=1S/C17H15ClN2O3/c1-19(2)11-15(14-5-3-4-6-16(14)20(22)23)17(21)12-7-9-13(18)10-8-12/h3-11H,1-2H3. The molecule has 0 saturated carbocycles. The van der Waals surface area contributed by atoms with Gasteiger partial charge in [0.1, 0.15) is 0 Å². The molecule has 0 atom stereocenters. The predicted molar refractivity (Wildman–Crippen MR) is 90.5 cm³/mol. The Kier molecular flexibility index (Phi) is 5.13. The molecular weight excluding hydrogens is 316 g/mol. The molecular formula is C17H15ClN2O3. The SMILES string of the molecule is CN(C)C=C(C(=O)c1ccc(Cl)cc1)c1ccccc1[N+](=O)[O-]. The Morgan fingerprint density at radius 3 is 2.30 bits per heavy atom. The zero-order chi connectivity index (χ0) is 17.0. The quantitative estimate of drug-likeness (QED) is 0.359. The lowest BCUT2D eigenvalue weighted by Gasteiger charge is -2.12. The summed E-state index contributed by atoms with van der Waals surface area (Å²) in [5, 5.41) is 11.8. The second-order valence-electron chi connectivity index (χ2n) is 5.12. The number of ketones is 1. The molecule has 0 heterocycles. The van der Waals surface area contributed by atoms with E-state index in [0.717, 1.165) is 0 Å². The molecule has 0 amide bonds. The van der Waals surface area contributed by atoms with Crippen LogP contribution in [0.5, 0.6) is 0 Å². The molecule has 0 aliphatic rings. The van der Waals surface area contributed by atoms with E-state index in [2.05, 4.69) is 0 Å². The summed E-state index contributed by atoms with van der Waals surface area (Å²) >= 11 is 5.84. The number of nitro benzene ring substituents is 1. The summed E-state index contributed by atoms with van der Waals surface area (Å²) < 4.78 is 0. The summed E-state index contributed by atoms with van der Waals surface area (Å²) in [5.41, 5.74) is 0.847. The number of rotatable bonds is 5. The number of carbonyl (C=O) groups is 1. The van der Waals surface area contributed by atoms with Crippen LogP contribution in [-0.2, 0) is 0 Å². The van der Waals surface area contributed by atoms with Crippen LogP contribution >= 0.6 is 11.6 Å². The smallest absolute Gasteiger partial charge is 0.277 e. The fraction of sp³-hybridized carbons (Fsp3) is 0.118. The fourth-order valence-electron chi connectivity index (χ4n) is 2.13. The summed E-state index contributed by atoms with van der Waals surface area (Å²) in [4.78, 5) is 25.2. The second-order valence-corrected chi connectivity index (χ2v) is 5.55. The van der Waals surface area contributed by atoms with Gasteiger partial charge in [-0.15, -0.1) is 0 Å². The minimum absolute atomic E-state index is 0.108. The minimum atomic E-state index is -0.492. The molecule has 0 aromatic heterocycles. The van der Waals surface area contributed by atoms with Gasteiger partial charge in [0.25, 0.3) is 5.69 Å². The molecule has 0 radical (unpaired) electrons. The highest BCUT2D eigenvalue weighted by atomic mass is 35.5. The van der Waals surface area contributed by atoms with Crippen molar-refractivity contribution < 1.29 is 9.72 Å². The van der Waals surface area contributed by atoms with Gasteiger partial charge in [-0.1, -0.05) is 23.7 Å². The number of allylic oxidation sites excluding steroid dienone is 1. The molecule has 0 aliphatic heterocycles. The number of hydrogen-bond acceptors (Lipinski definition) is 4. The van der Waals surface area contributed by atoms with Crippen molar-refractivity contribution in [2.24, 2.45) is 0 Å². The van der Waals surface area contributed by atoms with Crippen LogP contribution in [0.1, 0.15) is 15.9 Å². The summed E-state index contributed by atoms with van der Waals surface area (Å²) in [5.74, 6) is -0.301. The van der Waals surface area contributed by atoms with E-state index in [9.17, 15) is 14.9 Å². The number of para-hydroxylation sites is 1. The summed E-state index contributed by atoms with van der Waals surface area (Å²) in [6.45, 7) is 0. The lowest BCUT2D eigenvalue weighted by molar-refractivity contribution is -0.385. The first-order valence-electron chi connectivity index (χ1n) is 6.82. The second kappa shape index (κ2) is 7.07. The Labute approximate surface area is 139 Å². The van der Waals surface area contributed by atoms with Gasteiger partial charge in [0, 0.05) is 36.9 Å². The first kappa shape index (κ1) is 16.7. The lowest BCUT2D eigenvalue weighted by Crippen LogP contribution is -2.10. The Morgan fingerprint density at radius 1 is 1.13 bits per heavy atom. The van der Waals surface area contributed by atoms with Crippen LogP contribution in [0.15, 0.2) is 54.7 Å². The van der Waals surface area contributed by atoms with E-state index < -0.39 is 4.92 Å². The first-order chi connectivity index (χ1) is 10.9. The van der Waals surface area contributed by atoms with Gasteiger partial charge in [-0.3, -0.25) is 14.9 Å². The third-order valence-corrected chi connectivity index (χ3v) is 3.38. The Balaban J connectivity index is 2.57. The molecule has 23 heavy (non-hydrogen) atoms. The Hall–Kier alpha value is -2.66. The maximum absolute atomic E-state index is 12.8. The van der Waals surface area contributed by atoms with E-state index in [0.29, 0.717) is 10.6 Å². The molecule has 0 aliphatic carbocycles. The molecule has 0 saturated heterocycles. The van der Waals surface area contributed by atoms with Gasteiger partial charge >= 0.3 is 0 Å². The molecule has 5 nitrogen and oxygen atoms in total. The molecule has 0 N–H and O–H groups in total. The lowest BCUT2D eigenvalue weighted by atomic mass is 9.96. The largest absolute Gasteiger partial charge is 0.383 e. The molecule has 118 valence electrons. The molecule has 0 spiro atoms. The number of nitro groups is 1. The summed E-state index contributed by atoms with van der Waals surface area (Å²) in [6, 6.07) is 12.6. The number of carbonyl (C=O) groups excluding carboxylic acids is 1. The zero-order valence-corrected chi connectivity index (χ0v) is 13.4. The first-order valence-corrected chi connectivity index (χ1v) is 7.20. The van der Waals surface area contributed by atoms with Crippen LogP contribution in [0.2, 0.25) is 5.02 Å². The predicted octanol–water partition coefficient (Wildman–Crippen LogP) is 4.03. The van der Waals surface area contributed by atoms with E-state index in [-0.39, 0.29) is 22.6 Å². The van der Waals surface area contributed by atoms with Crippen LogP contribution in [0.3, 0.4) is 0 Å². The number of hydrogen-bond donors (Lipinski definition) is 0. The summed E-state index contributed by atoms with van der Waals surface area (Å²) in [6.07, 6.45) is 1.58. The van der Waals surface area contributed by atoms with Gasteiger partial charge in [-0.25, -0.2) is 0 Å². The monoisotopic (exact) mass is 330 g/mol. The van der Waals surface area contributed by atoms with Crippen LogP contribution < -0.4 is 0 Å². The minimum Gasteiger partial charge on any atom is -0.383 e. The van der Waals surface area contributed by atoms with Gasteiger partial charge in [0.15, 0.2) is 5.78 Å². The highest BCUT2D eigenvalue weighted by Gasteiger charge is 2.22. The average Bonchev–Trinajstić information content (AvgIpc) is 2.52. The third kappa shape index (κ3) is 3.96. The van der Waals surface area contributed by atoms with Crippen molar-refractivity contribution in [3.05, 3.63) is 81.0 Å². The summed E-state index contributed by atoms with van der Waals surface area (Å²) in [7, 11) is 3.51. The molecule has 2 aromatic rings. The molecule has 0 bridgehead atoms. The van der Waals surface area contributed by atoms with Crippen molar-refractivity contribution in [2.45, 2.75) is 0 Å². The average molecular weight is 331 g/mol. The molecule has 6 heteroatoms. The number of halogens is 1. The van der Waals surface area contributed by atoms with Crippen molar-refractivity contribution in [2.75, 3.05) is 14.1 Å². The van der Waals surface area contributed by atoms with Crippen molar-refractivity contribution in [3.63, 3.8) is 0 Å². The van der Waals surface area contributed by atoms with Gasteiger partial charge < -0.3 is 4.90 Å². The zero-order valence-electron chi connectivity index (χ0n) is 12.7. The molecule has 2 aromatic carbocycles. The molecule has 2 rings (SSSR count).